The molecule has 0 saturated carbocycles. The van der Waals surface area contributed by atoms with Crippen molar-refractivity contribution in [1.29, 1.82) is 0 Å². The van der Waals surface area contributed by atoms with Gasteiger partial charge in [0.05, 0.1) is 22.7 Å². The van der Waals surface area contributed by atoms with E-state index in [1.807, 2.05) is 18.4 Å². The third kappa shape index (κ3) is 3.41. The van der Waals surface area contributed by atoms with E-state index in [9.17, 15) is 19.4 Å². The zero-order valence-electron chi connectivity index (χ0n) is 19.2. The van der Waals surface area contributed by atoms with Gasteiger partial charge in [-0.3, -0.25) is 0 Å². The number of aromatic nitrogens is 1. The third-order valence-electron chi connectivity index (χ3n) is 6.70. The lowest BCUT2D eigenvalue weighted by atomic mass is 9.75. The van der Waals surface area contributed by atoms with E-state index in [1.165, 1.54) is 30.3 Å². The predicted octanol–water partition coefficient (Wildman–Crippen LogP) is 6.54. The first-order chi connectivity index (χ1) is 16.5. The molecule has 1 aliphatic rings. The summed E-state index contributed by atoms with van der Waals surface area (Å²) in [5, 5.41) is 20.7. The minimum Gasteiger partial charge on any atom is -0.507 e. The summed E-state index contributed by atoms with van der Waals surface area (Å²) in [5.41, 5.74) is 0.266. The molecule has 0 amide bonds. The molecular weight excluding hydrogens is 476 g/mol. The van der Waals surface area contributed by atoms with Crippen LogP contribution in [0, 0.1) is 11.6 Å². The number of carboxylic acid groups (broad SMARTS) is 1. The van der Waals surface area contributed by atoms with E-state index >= 15 is 4.39 Å². The van der Waals surface area contributed by atoms with Gasteiger partial charge in [0.25, 0.3) is 0 Å². The Hall–Kier alpha value is -3.42. The minimum absolute atomic E-state index is 0.0186. The molecule has 2 heterocycles. The number of aromatic hydroxyl groups is 1. The predicted molar refractivity (Wildman–Crippen MR) is 129 cm³/mol. The first-order valence-corrected chi connectivity index (χ1v) is 11.3. The Bertz CT molecular complexity index is 1530. The van der Waals surface area contributed by atoms with E-state index in [1.54, 1.807) is 25.1 Å². The highest BCUT2D eigenvalue weighted by Gasteiger charge is 2.48. The topological polar surface area (TPSA) is 71.7 Å². The molecule has 0 radical (unpaired) electrons. The summed E-state index contributed by atoms with van der Waals surface area (Å²) in [4.78, 5) is 11.4. The number of halogens is 3. The number of fused-ring (bicyclic) bond motifs is 3. The van der Waals surface area contributed by atoms with Gasteiger partial charge in [0.15, 0.2) is 0 Å². The van der Waals surface area contributed by atoms with Crippen LogP contribution >= 0.6 is 11.6 Å². The van der Waals surface area contributed by atoms with Crippen LogP contribution in [0.4, 0.5) is 8.78 Å². The lowest BCUT2D eigenvalue weighted by molar-refractivity contribution is -0.0456. The summed E-state index contributed by atoms with van der Waals surface area (Å²) in [6, 6.07) is 13.1. The van der Waals surface area contributed by atoms with Crippen molar-refractivity contribution < 1.29 is 28.5 Å². The second kappa shape index (κ2) is 7.80. The van der Waals surface area contributed by atoms with Gasteiger partial charge < -0.3 is 19.5 Å². The van der Waals surface area contributed by atoms with Gasteiger partial charge >= 0.3 is 5.97 Å². The zero-order chi connectivity index (χ0) is 25.3. The fourth-order valence-corrected chi connectivity index (χ4v) is 5.15. The fourth-order valence-electron chi connectivity index (χ4n) is 5.03. The van der Waals surface area contributed by atoms with Crippen LogP contribution in [-0.2, 0) is 15.8 Å². The van der Waals surface area contributed by atoms with Gasteiger partial charge in [-0.15, -0.1) is 0 Å². The van der Waals surface area contributed by atoms with Crippen molar-refractivity contribution in [3.8, 4) is 11.4 Å². The number of benzene rings is 3. The molecule has 0 spiro atoms. The number of carboxylic acids is 1. The summed E-state index contributed by atoms with van der Waals surface area (Å²) in [6.45, 7) is 5.78. The number of phenolic OH excluding ortho intramolecular Hbond substituents is 1. The Morgan fingerprint density at radius 3 is 2.46 bits per heavy atom. The van der Waals surface area contributed by atoms with Crippen molar-refractivity contribution in [2.75, 3.05) is 6.61 Å². The average Bonchev–Trinajstić information content (AvgIpc) is 3.17. The van der Waals surface area contributed by atoms with Crippen LogP contribution in [0.25, 0.3) is 16.6 Å². The fraction of sp³-hybridized carbons (Fsp3) is 0.222. The molecule has 2 N–H and O–H groups in total. The Kier molecular flexibility index (Phi) is 5.20. The first kappa shape index (κ1) is 23.3. The zero-order valence-corrected chi connectivity index (χ0v) is 20.0. The standard InChI is InChI=1S/C27H22ClF2NO4/c1-26(2)13-35-27(3,16-9-7-14(25(33)34)11-18(16)29)23-22-20(5-4-6-21(22)32)31(24(23)26)15-8-10-17(28)19(30)12-15/h4-12,32H,13H2,1-3H3,(H,33,34). The summed E-state index contributed by atoms with van der Waals surface area (Å²) in [6.07, 6.45) is 0. The van der Waals surface area contributed by atoms with Gasteiger partial charge in [-0.1, -0.05) is 37.6 Å². The highest BCUT2D eigenvalue weighted by Crippen LogP contribution is 2.52. The molecule has 1 aliphatic heterocycles. The second-order valence-electron chi connectivity index (χ2n) is 9.53. The molecule has 0 bridgehead atoms. The SMILES string of the molecule is CC1(C)COC(C)(c2ccc(C(=O)O)cc2F)c2c1n(-c1ccc(Cl)c(F)c1)c1cccc(O)c21. The molecule has 0 fully saturated rings. The number of aromatic carboxylic acids is 1. The highest BCUT2D eigenvalue weighted by molar-refractivity contribution is 6.30. The number of hydrogen-bond acceptors (Lipinski definition) is 3. The van der Waals surface area contributed by atoms with E-state index in [4.69, 9.17) is 16.3 Å². The van der Waals surface area contributed by atoms with Gasteiger partial charge in [0.1, 0.15) is 23.0 Å². The van der Waals surface area contributed by atoms with Gasteiger partial charge in [-0.05, 0) is 49.4 Å². The van der Waals surface area contributed by atoms with Gasteiger partial charge in [0, 0.05) is 33.3 Å². The lowest BCUT2D eigenvalue weighted by Crippen LogP contribution is -2.43. The van der Waals surface area contributed by atoms with Crippen molar-refractivity contribution >= 4 is 28.5 Å². The van der Waals surface area contributed by atoms with Gasteiger partial charge in [-0.2, -0.15) is 0 Å². The second-order valence-corrected chi connectivity index (χ2v) is 9.94. The maximum Gasteiger partial charge on any atom is 0.335 e. The number of phenols is 1. The molecule has 3 aromatic carbocycles. The summed E-state index contributed by atoms with van der Waals surface area (Å²) in [7, 11) is 0. The number of nitrogens with zero attached hydrogens (tertiary/aromatic N) is 1. The summed E-state index contributed by atoms with van der Waals surface area (Å²) >= 11 is 5.93. The summed E-state index contributed by atoms with van der Waals surface area (Å²) in [5.74, 6) is -2.62. The molecule has 5 rings (SSSR count). The normalized spacial score (nSPS) is 19.0. The maximum atomic E-state index is 15.4. The molecule has 1 unspecified atom stereocenters. The van der Waals surface area contributed by atoms with Crippen LogP contribution in [0.15, 0.2) is 54.6 Å². The van der Waals surface area contributed by atoms with E-state index in [-0.39, 0.29) is 28.5 Å². The number of carbonyl (C=O) groups is 1. The van der Waals surface area contributed by atoms with E-state index < -0.39 is 28.6 Å². The number of rotatable bonds is 3. The molecule has 4 aromatic rings. The van der Waals surface area contributed by atoms with Crippen LogP contribution < -0.4 is 0 Å². The number of ether oxygens (including phenoxy) is 1. The smallest absolute Gasteiger partial charge is 0.335 e. The molecule has 180 valence electrons. The van der Waals surface area contributed by atoms with Crippen LogP contribution in [0.1, 0.15) is 48.0 Å². The summed E-state index contributed by atoms with van der Waals surface area (Å²) < 4.78 is 38.1. The van der Waals surface area contributed by atoms with Crippen molar-refractivity contribution in [1.82, 2.24) is 4.57 Å². The van der Waals surface area contributed by atoms with Crippen LogP contribution in [0.2, 0.25) is 5.02 Å². The Morgan fingerprint density at radius 2 is 1.80 bits per heavy atom. The Morgan fingerprint density at radius 1 is 1.06 bits per heavy atom. The molecular formula is C27H22ClF2NO4. The highest BCUT2D eigenvalue weighted by atomic mass is 35.5. The van der Waals surface area contributed by atoms with E-state index in [0.29, 0.717) is 27.8 Å². The van der Waals surface area contributed by atoms with Gasteiger partial charge in [-0.25, -0.2) is 13.6 Å². The largest absolute Gasteiger partial charge is 0.507 e. The quantitative estimate of drug-likeness (QED) is 0.337. The average molecular weight is 498 g/mol. The molecule has 5 nitrogen and oxygen atoms in total. The van der Waals surface area contributed by atoms with Crippen molar-refractivity contribution in [2.45, 2.75) is 31.8 Å². The third-order valence-corrected chi connectivity index (χ3v) is 7.01. The van der Waals surface area contributed by atoms with Gasteiger partial charge in [0.2, 0.25) is 0 Å². The monoisotopic (exact) mass is 497 g/mol. The number of hydrogen-bond donors (Lipinski definition) is 2. The van der Waals surface area contributed by atoms with Crippen molar-refractivity contribution in [3.05, 3.63) is 93.6 Å². The van der Waals surface area contributed by atoms with E-state index in [2.05, 4.69) is 0 Å². The Balaban J connectivity index is 1.91. The van der Waals surface area contributed by atoms with Crippen LogP contribution in [-0.4, -0.2) is 27.4 Å². The first-order valence-electron chi connectivity index (χ1n) is 11.0. The molecule has 0 aliphatic carbocycles. The maximum absolute atomic E-state index is 15.4. The van der Waals surface area contributed by atoms with Crippen molar-refractivity contribution in [2.24, 2.45) is 0 Å². The van der Waals surface area contributed by atoms with Crippen molar-refractivity contribution in [3.63, 3.8) is 0 Å². The molecule has 0 saturated heterocycles. The molecule has 1 atom stereocenters. The molecule has 1 aromatic heterocycles. The molecule has 35 heavy (non-hydrogen) atoms. The van der Waals surface area contributed by atoms with Crippen LogP contribution in [0.3, 0.4) is 0 Å². The minimum atomic E-state index is -1.38. The van der Waals surface area contributed by atoms with Crippen LogP contribution in [0.5, 0.6) is 5.75 Å². The van der Waals surface area contributed by atoms with E-state index in [0.717, 1.165) is 6.07 Å². The lowest BCUT2D eigenvalue weighted by Gasteiger charge is -2.43. The molecule has 8 heteroatoms. The Labute approximate surface area is 205 Å².